The number of likely N-dealkylation sites (tertiary alicyclic amines) is 1. The fraction of sp³-hybridized carbons (Fsp3) is 1.00. The van der Waals surface area contributed by atoms with Crippen LogP contribution in [0.2, 0.25) is 0 Å². The standard InChI is InChI=1S/C11H23NOS/c1-10(9-14)6-12-5-3-4-11(7-12)8-13-2/h10-11,14H,3-9H2,1-2H3. The van der Waals surface area contributed by atoms with Gasteiger partial charge < -0.3 is 9.64 Å². The van der Waals surface area contributed by atoms with Crippen LogP contribution in [-0.2, 0) is 4.74 Å². The Kier molecular flexibility index (Phi) is 5.90. The SMILES string of the molecule is COCC1CCCN(CC(C)CS)C1. The highest BCUT2D eigenvalue weighted by Gasteiger charge is 2.20. The third kappa shape index (κ3) is 4.20. The summed E-state index contributed by atoms with van der Waals surface area (Å²) in [4.78, 5) is 2.56. The maximum Gasteiger partial charge on any atom is 0.0502 e. The zero-order valence-corrected chi connectivity index (χ0v) is 10.3. The normalized spacial score (nSPS) is 26.4. The Morgan fingerprint density at radius 3 is 3.00 bits per heavy atom. The summed E-state index contributed by atoms with van der Waals surface area (Å²) in [5, 5.41) is 0. The van der Waals surface area contributed by atoms with Gasteiger partial charge in [0.2, 0.25) is 0 Å². The van der Waals surface area contributed by atoms with E-state index in [0.717, 1.165) is 18.3 Å². The molecule has 1 saturated heterocycles. The zero-order valence-electron chi connectivity index (χ0n) is 9.41. The summed E-state index contributed by atoms with van der Waals surface area (Å²) in [6.07, 6.45) is 2.66. The van der Waals surface area contributed by atoms with Crippen molar-refractivity contribution in [2.45, 2.75) is 19.8 Å². The Labute approximate surface area is 93.4 Å². The van der Waals surface area contributed by atoms with Gasteiger partial charge in [0.25, 0.3) is 0 Å². The van der Waals surface area contributed by atoms with Crippen LogP contribution in [0.5, 0.6) is 0 Å². The van der Waals surface area contributed by atoms with E-state index in [0.29, 0.717) is 5.92 Å². The Hall–Kier alpha value is 0.270. The second-order valence-electron chi connectivity index (χ2n) is 4.51. The van der Waals surface area contributed by atoms with Crippen molar-refractivity contribution in [1.29, 1.82) is 0 Å². The van der Waals surface area contributed by atoms with E-state index >= 15 is 0 Å². The molecule has 0 spiro atoms. The predicted molar refractivity (Wildman–Crippen MR) is 64.1 cm³/mol. The molecule has 0 aromatic rings. The van der Waals surface area contributed by atoms with Crippen LogP contribution in [0.4, 0.5) is 0 Å². The maximum atomic E-state index is 5.22. The molecule has 2 atom stereocenters. The molecule has 0 N–H and O–H groups in total. The van der Waals surface area contributed by atoms with Gasteiger partial charge in [-0.05, 0) is 37.0 Å². The third-order valence-electron chi connectivity index (χ3n) is 2.89. The molecule has 0 aromatic carbocycles. The summed E-state index contributed by atoms with van der Waals surface area (Å²) in [6.45, 7) is 6.87. The molecule has 0 amide bonds. The quantitative estimate of drug-likeness (QED) is 0.706. The van der Waals surface area contributed by atoms with Crippen molar-refractivity contribution in [3.63, 3.8) is 0 Å². The van der Waals surface area contributed by atoms with Crippen molar-refractivity contribution in [2.75, 3.05) is 39.1 Å². The average Bonchev–Trinajstić information content (AvgIpc) is 2.19. The minimum Gasteiger partial charge on any atom is -0.384 e. The first-order valence-electron chi connectivity index (χ1n) is 5.58. The van der Waals surface area contributed by atoms with E-state index in [1.807, 2.05) is 0 Å². The van der Waals surface area contributed by atoms with Crippen LogP contribution in [0.15, 0.2) is 0 Å². The molecule has 84 valence electrons. The number of hydrogen-bond donors (Lipinski definition) is 1. The zero-order chi connectivity index (χ0) is 10.4. The highest BCUT2D eigenvalue weighted by Crippen LogP contribution is 2.17. The molecule has 1 aliphatic rings. The molecule has 0 aromatic heterocycles. The van der Waals surface area contributed by atoms with Gasteiger partial charge in [0.05, 0.1) is 6.61 Å². The van der Waals surface area contributed by atoms with Gasteiger partial charge in [-0.2, -0.15) is 12.6 Å². The molecule has 2 nitrogen and oxygen atoms in total. The van der Waals surface area contributed by atoms with Crippen molar-refractivity contribution < 1.29 is 4.74 Å². The van der Waals surface area contributed by atoms with Crippen LogP contribution in [-0.4, -0.2) is 44.0 Å². The summed E-state index contributed by atoms with van der Waals surface area (Å²) in [5.74, 6) is 2.45. The van der Waals surface area contributed by atoms with Gasteiger partial charge in [-0.1, -0.05) is 6.92 Å². The third-order valence-corrected chi connectivity index (χ3v) is 3.51. The number of thiol groups is 1. The van der Waals surface area contributed by atoms with E-state index < -0.39 is 0 Å². The molecular formula is C11H23NOS. The largest absolute Gasteiger partial charge is 0.384 e. The van der Waals surface area contributed by atoms with Crippen molar-refractivity contribution >= 4 is 12.6 Å². The molecular weight excluding hydrogens is 194 g/mol. The number of hydrogen-bond acceptors (Lipinski definition) is 3. The number of nitrogens with zero attached hydrogens (tertiary/aromatic N) is 1. The number of rotatable bonds is 5. The number of piperidine rings is 1. The van der Waals surface area contributed by atoms with Gasteiger partial charge in [0.1, 0.15) is 0 Å². The Bertz CT molecular complexity index is 152. The molecule has 0 bridgehead atoms. The summed E-state index contributed by atoms with van der Waals surface area (Å²) in [6, 6.07) is 0. The number of ether oxygens (including phenoxy) is 1. The molecule has 0 radical (unpaired) electrons. The molecule has 0 aliphatic carbocycles. The van der Waals surface area contributed by atoms with Crippen molar-refractivity contribution in [3.05, 3.63) is 0 Å². The minimum absolute atomic E-state index is 0.708. The van der Waals surface area contributed by atoms with Crippen molar-refractivity contribution in [3.8, 4) is 0 Å². The monoisotopic (exact) mass is 217 g/mol. The molecule has 1 heterocycles. The van der Waals surface area contributed by atoms with E-state index in [2.05, 4.69) is 24.5 Å². The average molecular weight is 217 g/mol. The Balaban J connectivity index is 2.25. The lowest BCUT2D eigenvalue weighted by Crippen LogP contribution is -2.39. The second kappa shape index (κ2) is 6.70. The van der Waals surface area contributed by atoms with E-state index in [1.54, 1.807) is 7.11 Å². The van der Waals surface area contributed by atoms with Crippen LogP contribution in [0.3, 0.4) is 0 Å². The molecule has 1 rings (SSSR count). The summed E-state index contributed by atoms with van der Waals surface area (Å²) < 4.78 is 5.22. The van der Waals surface area contributed by atoms with E-state index in [4.69, 9.17) is 4.74 Å². The molecule has 1 fully saturated rings. The van der Waals surface area contributed by atoms with Gasteiger partial charge in [-0.3, -0.25) is 0 Å². The molecule has 3 heteroatoms. The van der Waals surface area contributed by atoms with E-state index in [9.17, 15) is 0 Å². The summed E-state index contributed by atoms with van der Waals surface area (Å²) in [7, 11) is 1.80. The number of methoxy groups -OCH3 is 1. The van der Waals surface area contributed by atoms with Gasteiger partial charge in [-0.15, -0.1) is 0 Å². The lowest BCUT2D eigenvalue weighted by Gasteiger charge is -2.33. The fourth-order valence-electron chi connectivity index (χ4n) is 2.19. The van der Waals surface area contributed by atoms with E-state index in [-0.39, 0.29) is 0 Å². The van der Waals surface area contributed by atoms with Crippen LogP contribution in [0, 0.1) is 11.8 Å². The summed E-state index contributed by atoms with van der Waals surface area (Å²) in [5.41, 5.74) is 0. The highest BCUT2D eigenvalue weighted by molar-refractivity contribution is 7.80. The van der Waals surface area contributed by atoms with Gasteiger partial charge in [-0.25, -0.2) is 0 Å². The van der Waals surface area contributed by atoms with E-state index in [1.165, 1.54) is 32.5 Å². The summed E-state index contributed by atoms with van der Waals surface area (Å²) >= 11 is 4.33. The van der Waals surface area contributed by atoms with Crippen LogP contribution >= 0.6 is 12.6 Å². The first-order chi connectivity index (χ1) is 6.76. The Morgan fingerprint density at radius 2 is 2.36 bits per heavy atom. The minimum atomic E-state index is 0.708. The smallest absolute Gasteiger partial charge is 0.0502 e. The maximum absolute atomic E-state index is 5.22. The van der Waals surface area contributed by atoms with Crippen LogP contribution in [0.1, 0.15) is 19.8 Å². The lowest BCUT2D eigenvalue weighted by atomic mass is 9.98. The van der Waals surface area contributed by atoms with Crippen molar-refractivity contribution in [2.24, 2.45) is 11.8 Å². The van der Waals surface area contributed by atoms with Crippen LogP contribution in [0.25, 0.3) is 0 Å². The fourth-order valence-corrected chi connectivity index (χ4v) is 2.30. The Morgan fingerprint density at radius 1 is 1.57 bits per heavy atom. The first-order valence-corrected chi connectivity index (χ1v) is 6.21. The molecule has 0 saturated carbocycles. The first kappa shape index (κ1) is 12.3. The van der Waals surface area contributed by atoms with Crippen LogP contribution < -0.4 is 0 Å². The second-order valence-corrected chi connectivity index (χ2v) is 4.88. The van der Waals surface area contributed by atoms with Gasteiger partial charge in [0.15, 0.2) is 0 Å². The highest BCUT2D eigenvalue weighted by atomic mass is 32.1. The van der Waals surface area contributed by atoms with Gasteiger partial charge in [0, 0.05) is 20.2 Å². The topological polar surface area (TPSA) is 12.5 Å². The molecule has 1 aliphatic heterocycles. The van der Waals surface area contributed by atoms with Crippen molar-refractivity contribution in [1.82, 2.24) is 4.90 Å². The predicted octanol–water partition coefficient (Wildman–Crippen LogP) is 1.91. The lowest BCUT2D eigenvalue weighted by molar-refractivity contribution is 0.0855. The molecule has 14 heavy (non-hydrogen) atoms. The molecule has 2 unspecified atom stereocenters. The van der Waals surface area contributed by atoms with Gasteiger partial charge >= 0.3 is 0 Å².